The van der Waals surface area contributed by atoms with Crippen LogP contribution in [0.3, 0.4) is 0 Å². The molecule has 2 aromatic heterocycles. The monoisotopic (exact) mass is 728 g/mol. The fourth-order valence-corrected chi connectivity index (χ4v) is 9.31. The fourth-order valence-electron chi connectivity index (χ4n) is 9.31. The molecule has 1 aliphatic heterocycles. The highest BCUT2D eigenvalue weighted by molar-refractivity contribution is 6.07. The van der Waals surface area contributed by atoms with Crippen molar-refractivity contribution in [1.29, 1.82) is 0 Å². The predicted octanol–water partition coefficient (Wildman–Crippen LogP) is 13.5. The Morgan fingerprint density at radius 1 is 0.386 bits per heavy atom. The normalized spacial score (nSPS) is 13.2. The number of benzene rings is 8. The minimum absolute atomic E-state index is 0.517. The first-order valence-electron chi connectivity index (χ1n) is 19.3. The summed E-state index contributed by atoms with van der Waals surface area (Å²) in [4.78, 5) is 10.3. The van der Waals surface area contributed by atoms with Gasteiger partial charge < -0.3 is 9.15 Å². The Morgan fingerprint density at radius 3 is 1.72 bits per heavy atom. The second kappa shape index (κ2) is 12.2. The smallest absolute Gasteiger partial charge is 0.180 e. The van der Waals surface area contributed by atoms with Crippen molar-refractivity contribution >= 4 is 22.1 Å². The van der Waals surface area contributed by atoms with E-state index >= 15 is 0 Å². The Kier molecular flexibility index (Phi) is 6.81. The summed E-state index contributed by atoms with van der Waals surface area (Å²) in [6.45, 7) is 0. The van der Waals surface area contributed by atoms with E-state index in [9.17, 15) is 0 Å². The van der Waals surface area contributed by atoms with Crippen molar-refractivity contribution in [3.05, 3.63) is 216 Å². The van der Waals surface area contributed by atoms with E-state index in [4.69, 9.17) is 19.1 Å². The molecule has 4 nitrogen and oxygen atoms in total. The number of hydrogen-bond acceptors (Lipinski definition) is 4. The zero-order chi connectivity index (χ0) is 37.5. The van der Waals surface area contributed by atoms with Gasteiger partial charge in [-0.05, 0) is 68.8 Å². The lowest BCUT2D eigenvalue weighted by molar-refractivity contribution is 0.436. The molecule has 0 saturated carbocycles. The van der Waals surface area contributed by atoms with Crippen LogP contribution in [0.5, 0.6) is 11.5 Å². The molecule has 8 aromatic carbocycles. The molecule has 1 spiro atoms. The summed E-state index contributed by atoms with van der Waals surface area (Å²) >= 11 is 0. The number of para-hydroxylation sites is 3. The Bertz CT molecular complexity index is 3150. The lowest BCUT2D eigenvalue weighted by atomic mass is 9.66. The maximum absolute atomic E-state index is 6.56. The molecule has 0 bridgehead atoms. The highest BCUT2D eigenvalue weighted by Gasteiger charge is 2.51. The van der Waals surface area contributed by atoms with Crippen LogP contribution in [0.4, 0.5) is 0 Å². The molecule has 2 aliphatic rings. The third-order valence-corrected chi connectivity index (χ3v) is 11.8. The van der Waals surface area contributed by atoms with Crippen molar-refractivity contribution in [2.24, 2.45) is 0 Å². The molecular formula is C53H32N2O2. The second-order valence-electron chi connectivity index (χ2n) is 14.8. The maximum Gasteiger partial charge on any atom is 0.180 e. The number of aromatic nitrogens is 2. The zero-order valence-corrected chi connectivity index (χ0v) is 30.7. The minimum atomic E-state index is -0.517. The number of rotatable bonds is 4. The molecule has 57 heavy (non-hydrogen) atoms. The zero-order valence-electron chi connectivity index (χ0n) is 30.7. The number of furan rings is 1. The van der Waals surface area contributed by atoms with E-state index in [2.05, 4.69) is 170 Å². The van der Waals surface area contributed by atoms with E-state index in [0.717, 1.165) is 67.1 Å². The van der Waals surface area contributed by atoms with Crippen molar-refractivity contribution in [3.63, 3.8) is 0 Å². The van der Waals surface area contributed by atoms with Crippen molar-refractivity contribution in [2.75, 3.05) is 0 Å². The molecule has 0 saturated heterocycles. The summed E-state index contributed by atoms with van der Waals surface area (Å²) in [5.41, 5.74) is 16.4. The first kappa shape index (κ1) is 31.8. The molecule has 0 N–H and O–H groups in total. The van der Waals surface area contributed by atoms with Gasteiger partial charge in [0.1, 0.15) is 28.3 Å². The van der Waals surface area contributed by atoms with E-state index in [0.29, 0.717) is 11.4 Å². The summed E-state index contributed by atoms with van der Waals surface area (Å²) in [6, 6.07) is 68.4. The summed E-state index contributed by atoms with van der Waals surface area (Å²) in [7, 11) is 0. The van der Waals surface area contributed by atoms with Gasteiger partial charge in [-0.15, -0.1) is 0 Å². The number of fused-ring (bicyclic) bond motifs is 12. The molecule has 3 heterocycles. The molecule has 0 fully saturated rings. The van der Waals surface area contributed by atoms with Gasteiger partial charge in [0.2, 0.25) is 0 Å². The van der Waals surface area contributed by atoms with Crippen molar-refractivity contribution in [3.8, 4) is 67.5 Å². The molecular weight excluding hydrogens is 697 g/mol. The average molecular weight is 729 g/mol. The second-order valence-corrected chi connectivity index (χ2v) is 14.8. The molecule has 0 unspecified atom stereocenters. The van der Waals surface area contributed by atoms with Crippen molar-refractivity contribution in [1.82, 2.24) is 9.97 Å². The number of hydrogen-bond donors (Lipinski definition) is 0. The molecule has 0 amide bonds. The lowest BCUT2D eigenvalue weighted by Gasteiger charge is -2.39. The molecule has 0 atom stereocenters. The topological polar surface area (TPSA) is 48.2 Å². The van der Waals surface area contributed by atoms with Gasteiger partial charge in [0.25, 0.3) is 0 Å². The van der Waals surface area contributed by atoms with Crippen LogP contribution in [-0.2, 0) is 5.41 Å². The predicted molar refractivity (Wildman–Crippen MR) is 228 cm³/mol. The third kappa shape index (κ3) is 4.62. The SMILES string of the molecule is c1ccc(-c2ccc(-c3nc(-c4ccc(-c5cccc6c5-c5ccccc5C65c6ccccc6Oc6ccccc65)cc4)c4oc5ccccc5c4n3)cc2)cc1. The first-order valence-corrected chi connectivity index (χ1v) is 19.3. The summed E-state index contributed by atoms with van der Waals surface area (Å²) < 4.78 is 13.1. The Labute approximate surface area is 329 Å². The van der Waals surface area contributed by atoms with E-state index < -0.39 is 5.41 Å². The summed E-state index contributed by atoms with van der Waals surface area (Å²) in [5.74, 6) is 2.44. The van der Waals surface area contributed by atoms with E-state index in [1.165, 1.54) is 33.4 Å². The van der Waals surface area contributed by atoms with E-state index in [1.54, 1.807) is 0 Å². The molecule has 4 heteroatoms. The van der Waals surface area contributed by atoms with Gasteiger partial charge in [-0.25, -0.2) is 9.97 Å². The van der Waals surface area contributed by atoms with Crippen LogP contribution in [-0.4, -0.2) is 9.97 Å². The highest BCUT2D eigenvalue weighted by Crippen LogP contribution is 2.63. The van der Waals surface area contributed by atoms with Crippen molar-refractivity contribution < 1.29 is 9.15 Å². The van der Waals surface area contributed by atoms with Gasteiger partial charge in [-0.3, -0.25) is 0 Å². The Balaban J connectivity index is 1.01. The highest BCUT2D eigenvalue weighted by atomic mass is 16.5. The van der Waals surface area contributed by atoms with E-state index in [-0.39, 0.29) is 0 Å². The summed E-state index contributed by atoms with van der Waals surface area (Å²) in [6.07, 6.45) is 0. The molecule has 1 aliphatic carbocycles. The quantitative estimate of drug-likeness (QED) is 0.181. The summed E-state index contributed by atoms with van der Waals surface area (Å²) in [5, 5.41) is 0.971. The maximum atomic E-state index is 6.56. The van der Waals surface area contributed by atoms with Gasteiger partial charge in [0.15, 0.2) is 11.4 Å². The molecule has 266 valence electrons. The van der Waals surface area contributed by atoms with Gasteiger partial charge in [0, 0.05) is 27.6 Å². The minimum Gasteiger partial charge on any atom is -0.457 e. The van der Waals surface area contributed by atoms with E-state index in [1.807, 2.05) is 24.3 Å². The Hall–Kier alpha value is -7.56. The number of ether oxygens (including phenoxy) is 1. The van der Waals surface area contributed by atoms with Crippen LogP contribution in [0.2, 0.25) is 0 Å². The van der Waals surface area contributed by atoms with Gasteiger partial charge in [-0.1, -0.05) is 170 Å². The van der Waals surface area contributed by atoms with Crippen LogP contribution >= 0.6 is 0 Å². The van der Waals surface area contributed by atoms with Crippen LogP contribution in [0.1, 0.15) is 22.3 Å². The van der Waals surface area contributed by atoms with Crippen LogP contribution in [0.15, 0.2) is 199 Å². The van der Waals surface area contributed by atoms with Gasteiger partial charge >= 0.3 is 0 Å². The van der Waals surface area contributed by atoms with Gasteiger partial charge in [-0.2, -0.15) is 0 Å². The average Bonchev–Trinajstić information content (AvgIpc) is 3.81. The van der Waals surface area contributed by atoms with Crippen molar-refractivity contribution in [2.45, 2.75) is 5.41 Å². The van der Waals surface area contributed by atoms with Crippen LogP contribution in [0.25, 0.3) is 78.1 Å². The van der Waals surface area contributed by atoms with Gasteiger partial charge in [0.05, 0.1) is 5.41 Å². The first-order chi connectivity index (χ1) is 28.3. The Morgan fingerprint density at radius 2 is 0.947 bits per heavy atom. The largest absolute Gasteiger partial charge is 0.457 e. The molecule has 12 rings (SSSR count). The third-order valence-electron chi connectivity index (χ3n) is 11.8. The fraction of sp³-hybridized carbons (Fsp3) is 0.0189. The lowest BCUT2D eigenvalue weighted by Crippen LogP contribution is -2.32. The number of nitrogens with zero attached hydrogens (tertiary/aromatic N) is 2. The van der Waals surface area contributed by atoms with Crippen LogP contribution in [0, 0.1) is 0 Å². The molecule has 0 radical (unpaired) electrons. The molecule has 10 aromatic rings. The standard InChI is InChI=1S/C53H32N2O2/c1-2-13-33(14-3-1)34-25-31-37(32-26-34)52-54-49(51-50(55-52)40-16-5-9-22-45(40)57-51)36-29-27-35(28-30-36)38-17-12-21-44-48(38)39-15-4-6-18-41(39)53(44)42-19-7-10-23-46(42)56-47-24-11-8-20-43(47)53/h1-32H. The van der Waals surface area contributed by atoms with Crippen LogP contribution < -0.4 is 4.74 Å².